The number of hydrogen-bond donors (Lipinski definition) is 0. The summed E-state index contributed by atoms with van der Waals surface area (Å²) in [5, 5.41) is 0. The first-order valence-corrected chi connectivity index (χ1v) is 29.1. The van der Waals surface area contributed by atoms with Gasteiger partial charge in [0.2, 0.25) is 0 Å². The van der Waals surface area contributed by atoms with Crippen molar-refractivity contribution in [3.05, 3.63) is 48.6 Å². The largest absolute Gasteiger partial charge is 0.462 e. The molecule has 0 aliphatic carbocycles. The number of ether oxygens (including phenoxy) is 3. The van der Waals surface area contributed by atoms with E-state index in [1.165, 1.54) is 173 Å². The van der Waals surface area contributed by atoms with Crippen molar-refractivity contribution < 1.29 is 28.6 Å². The van der Waals surface area contributed by atoms with Crippen molar-refractivity contribution in [3.8, 4) is 0 Å². The standard InChI is InChI=1S/C61H110O6/c1-4-7-10-13-16-19-22-25-28-30-32-33-36-39-42-45-48-51-54-60(63)66-57-58(56-65-59(62)53-50-47-44-41-38-35-27-24-21-18-15-12-9-6-3)67-61(64)55-52-49-46-43-40-37-34-31-29-26-23-20-17-14-11-8-5-2/h17,20,24,26-27,29,34,37,58H,4-16,18-19,21-23,25,28,30-33,35-36,38-57H2,1-3H3/b20-17-,27-24-,29-26-,37-34-/t58-/m1/s1. The molecule has 0 bridgehead atoms. The van der Waals surface area contributed by atoms with E-state index in [1.807, 2.05) is 0 Å². The fraction of sp³-hybridized carbons (Fsp3) is 0.820. The van der Waals surface area contributed by atoms with Crippen LogP contribution in [0, 0.1) is 0 Å². The molecule has 0 fully saturated rings. The molecule has 0 aliphatic rings. The monoisotopic (exact) mass is 939 g/mol. The summed E-state index contributed by atoms with van der Waals surface area (Å²) in [7, 11) is 0. The summed E-state index contributed by atoms with van der Waals surface area (Å²) in [5.74, 6) is -0.898. The van der Waals surface area contributed by atoms with Crippen LogP contribution >= 0.6 is 0 Å². The molecule has 0 heterocycles. The normalized spacial score (nSPS) is 12.3. The molecule has 6 heteroatoms. The van der Waals surface area contributed by atoms with Crippen LogP contribution in [0.25, 0.3) is 0 Å². The maximum atomic E-state index is 12.8. The molecular weight excluding hydrogens is 829 g/mol. The summed E-state index contributed by atoms with van der Waals surface area (Å²) in [5.41, 5.74) is 0. The van der Waals surface area contributed by atoms with Gasteiger partial charge in [0.1, 0.15) is 13.2 Å². The molecule has 0 unspecified atom stereocenters. The summed E-state index contributed by atoms with van der Waals surface area (Å²) >= 11 is 0. The zero-order valence-electron chi connectivity index (χ0n) is 44.7. The van der Waals surface area contributed by atoms with Gasteiger partial charge in [-0.2, -0.15) is 0 Å². The highest BCUT2D eigenvalue weighted by Crippen LogP contribution is 2.16. The van der Waals surface area contributed by atoms with Gasteiger partial charge >= 0.3 is 17.9 Å². The minimum absolute atomic E-state index is 0.0819. The molecule has 0 N–H and O–H groups in total. The average molecular weight is 940 g/mol. The Balaban J connectivity index is 4.39. The van der Waals surface area contributed by atoms with E-state index >= 15 is 0 Å². The van der Waals surface area contributed by atoms with E-state index < -0.39 is 6.10 Å². The Bertz CT molecular complexity index is 1170. The molecular formula is C61H110O6. The van der Waals surface area contributed by atoms with Crippen LogP contribution < -0.4 is 0 Å². The van der Waals surface area contributed by atoms with E-state index in [0.29, 0.717) is 19.3 Å². The first-order valence-electron chi connectivity index (χ1n) is 29.1. The first-order chi connectivity index (χ1) is 33.0. The molecule has 0 spiro atoms. The molecule has 390 valence electrons. The third kappa shape index (κ3) is 54.2. The van der Waals surface area contributed by atoms with Gasteiger partial charge in [0, 0.05) is 19.3 Å². The Morgan fingerprint density at radius 3 is 0.881 bits per heavy atom. The number of unbranched alkanes of at least 4 members (excludes halogenated alkanes) is 34. The second kappa shape index (κ2) is 56.0. The lowest BCUT2D eigenvalue weighted by atomic mass is 10.0. The van der Waals surface area contributed by atoms with Crippen LogP contribution in [0.4, 0.5) is 0 Å². The SMILES string of the molecule is CCCCC/C=C\C/C=C\C/C=C\CCCCCCC(=O)O[C@H](COC(=O)CCCCCCC/C=C\CCCCCCC)COC(=O)CCCCCCCCCCCCCCCCCCCC. The van der Waals surface area contributed by atoms with E-state index in [1.54, 1.807) is 0 Å². The molecule has 0 aromatic rings. The first kappa shape index (κ1) is 64.4. The predicted octanol–water partition coefficient (Wildman–Crippen LogP) is 19.4. The van der Waals surface area contributed by atoms with E-state index in [0.717, 1.165) is 89.9 Å². The number of esters is 3. The van der Waals surface area contributed by atoms with Gasteiger partial charge in [0.05, 0.1) is 0 Å². The van der Waals surface area contributed by atoms with E-state index in [-0.39, 0.29) is 31.1 Å². The van der Waals surface area contributed by atoms with Crippen LogP contribution in [0.5, 0.6) is 0 Å². The van der Waals surface area contributed by atoms with E-state index in [4.69, 9.17) is 14.2 Å². The Hall–Kier alpha value is -2.63. The molecule has 0 aromatic heterocycles. The lowest BCUT2D eigenvalue weighted by Gasteiger charge is -2.18. The number of carbonyl (C=O) groups is 3. The van der Waals surface area contributed by atoms with Gasteiger partial charge in [-0.3, -0.25) is 14.4 Å². The molecule has 0 aliphatic heterocycles. The van der Waals surface area contributed by atoms with E-state index in [2.05, 4.69) is 69.4 Å². The second-order valence-corrected chi connectivity index (χ2v) is 19.6. The Kier molecular flexibility index (Phi) is 53.8. The molecule has 0 rings (SSSR count). The fourth-order valence-electron chi connectivity index (χ4n) is 8.39. The highest BCUT2D eigenvalue weighted by Gasteiger charge is 2.19. The Morgan fingerprint density at radius 1 is 0.299 bits per heavy atom. The summed E-state index contributed by atoms with van der Waals surface area (Å²) in [6.45, 7) is 6.61. The van der Waals surface area contributed by atoms with Crippen LogP contribution in [0.1, 0.15) is 303 Å². The maximum absolute atomic E-state index is 12.8. The third-order valence-electron chi connectivity index (χ3n) is 12.8. The second-order valence-electron chi connectivity index (χ2n) is 19.6. The zero-order chi connectivity index (χ0) is 48.6. The molecule has 67 heavy (non-hydrogen) atoms. The topological polar surface area (TPSA) is 78.9 Å². The Labute approximate surface area is 416 Å². The zero-order valence-corrected chi connectivity index (χ0v) is 44.7. The van der Waals surface area contributed by atoms with Crippen LogP contribution in [0.3, 0.4) is 0 Å². The summed E-state index contributed by atoms with van der Waals surface area (Å²) in [4.78, 5) is 38.1. The van der Waals surface area contributed by atoms with Crippen LogP contribution in [-0.4, -0.2) is 37.2 Å². The van der Waals surface area contributed by atoms with Gasteiger partial charge in [-0.1, -0.05) is 249 Å². The summed E-state index contributed by atoms with van der Waals surface area (Å²) in [6, 6.07) is 0. The number of rotatable bonds is 53. The highest BCUT2D eigenvalue weighted by molar-refractivity contribution is 5.71. The van der Waals surface area contributed by atoms with Crippen molar-refractivity contribution in [3.63, 3.8) is 0 Å². The third-order valence-corrected chi connectivity index (χ3v) is 12.8. The van der Waals surface area contributed by atoms with Crippen molar-refractivity contribution >= 4 is 17.9 Å². The van der Waals surface area contributed by atoms with Crippen LogP contribution in [0.15, 0.2) is 48.6 Å². The molecule has 6 nitrogen and oxygen atoms in total. The minimum atomic E-state index is -0.786. The lowest BCUT2D eigenvalue weighted by molar-refractivity contribution is -0.167. The van der Waals surface area contributed by atoms with Gasteiger partial charge in [-0.15, -0.1) is 0 Å². The lowest BCUT2D eigenvalue weighted by Crippen LogP contribution is -2.30. The molecule has 0 radical (unpaired) electrons. The molecule has 0 saturated carbocycles. The van der Waals surface area contributed by atoms with Crippen LogP contribution in [0.2, 0.25) is 0 Å². The smallest absolute Gasteiger partial charge is 0.306 e. The van der Waals surface area contributed by atoms with Crippen molar-refractivity contribution in [1.29, 1.82) is 0 Å². The van der Waals surface area contributed by atoms with Crippen molar-refractivity contribution in [2.75, 3.05) is 13.2 Å². The van der Waals surface area contributed by atoms with Gasteiger partial charge in [0.25, 0.3) is 0 Å². The highest BCUT2D eigenvalue weighted by atomic mass is 16.6. The number of allylic oxidation sites excluding steroid dienone is 8. The number of carbonyl (C=O) groups excluding carboxylic acids is 3. The van der Waals surface area contributed by atoms with Gasteiger partial charge in [0.15, 0.2) is 6.10 Å². The molecule has 0 aromatic carbocycles. The maximum Gasteiger partial charge on any atom is 0.306 e. The summed E-state index contributed by atoms with van der Waals surface area (Å²) < 4.78 is 16.9. The van der Waals surface area contributed by atoms with Crippen molar-refractivity contribution in [2.45, 2.75) is 309 Å². The van der Waals surface area contributed by atoms with Crippen molar-refractivity contribution in [2.24, 2.45) is 0 Å². The number of hydrogen-bond acceptors (Lipinski definition) is 6. The summed E-state index contributed by atoms with van der Waals surface area (Å²) in [6.07, 6.45) is 68.1. The average Bonchev–Trinajstić information content (AvgIpc) is 3.33. The quantitative estimate of drug-likeness (QED) is 0.0262. The van der Waals surface area contributed by atoms with Crippen molar-refractivity contribution in [1.82, 2.24) is 0 Å². The molecule has 0 amide bonds. The van der Waals surface area contributed by atoms with E-state index in [9.17, 15) is 14.4 Å². The molecule has 0 saturated heterocycles. The predicted molar refractivity (Wildman–Crippen MR) is 289 cm³/mol. The fourth-order valence-corrected chi connectivity index (χ4v) is 8.39. The Morgan fingerprint density at radius 2 is 0.537 bits per heavy atom. The minimum Gasteiger partial charge on any atom is -0.462 e. The van der Waals surface area contributed by atoms with Gasteiger partial charge < -0.3 is 14.2 Å². The van der Waals surface area contributed by atoms with Crippen LogP contribution in [-0.2, 0) is 28.6 Å². The van der Waals surface area contributed by atoms with Gasteiger partial charge in [-0.25, -0.2) is 0 Å². The molecule has 1 atom stereocenters. The van der Waals surface area contributed by atoms with Gasteiger partial charge in [-0.05, 0) is 83.5 Å².